The van der Waals surface area contributed by atoms with Gasteiger partial charge in [0.25, 0.3) is 5.91 Å². The molecule has 9 nitrogen and oxygen atoms in total. The lowest BCUT2D eigenvalue weighted by Gasteiger charge is -2.43. The first-order valence-electron chi connectivity index (χ1n) is 11.3. The summed E-state index contributed by atoms with van der Waals surface area (Å²) in [5, 5.41) is 14.8. The molecular formula is C25H31N3O6. The number of rotatable bonds is 4. The van der Waals surface area contributed by atoms with E-state index in [1.54, 1.807) is 7.11 Å². The fraction of sp³-hybridized carbons (Fsp3) is 0.400. The maximum Gasteiger partial charge on any atom is 0.414 e. The lowest BCUT2D eigenvalue weighted by atomic mass is 10.0. The van der Waals surface area contributed by atoms with Gasteiger partial charge in [-0.15, -0.1) is 0 Å². The van der Waals surface area contributed by atoms with E-state index in [9.17, 15) is 4.79 Å². The minimum absolute atomic E-state index is 0.0878. The number of carboxylic acid groups (broad SMARTS) is 2. The Labute approximate surface area is 199 Å². The predicted octanol–water partition coefficient (Wildman–Crippen LogP) is 2.28. The smallest absolute Gasteiger partial charge is 0.414 e. The number of para-hydroxylation sites is 2. The number of likely N-dealkylation sites (tertiary alicyclic amines) is 1. The van der Waals surface area contributed by atoms with Crippen LogP contribution in [0, 0.1) is 0 Å². The number of carboxylic acids is 2. The summed E-state index contributed by atoms with van der Waals surface area (Å²) in [6.07, 6.45) is 2.10. The standard InChI is InChI=1S/C23H29N3O2.C2H2O4/c1-28-22-10-6-5-9-21(22)23(27)26-13-11-20(12-14-26)25-17-15-24(16-18-25)19-7-3-2-4-8-19;3-1(4)2(5)6/h2-10,20H,11-18H2,1H3;(H,3,4)(H,5,6). The zero-order valence-corrected chi connectivity index (χ0v) is 19.3. The molecule has 0 bridgehead atoms. The van der Waals surface area contributed by atoms with E-state index in [1.165, 1.54) is 5.69 Å². The molecule has 4 rings (SSSR count). The molecule has 0 unspecified atom stereocenters. The molecule has 0 spiro atoms. The van der Waals surface area contributed by atoms with Crippen LogP contribution in [0.1, 0.15) is 23.2 Å². The molecule has 0 aliphatic carbocycles. The van der Waals surface area contributed by atoms with Gasteiger partial charge < -0.3 is 24.7 Å². The molecule has 2 aromatic carbocycles. The van der Waals surface area contributed by atoms with Gasteiger partial charge in [0.1, 0.15) is 5.75 Å². The Morgan fingerprint density at radius 1 is 0.794 bits per heavy atom. The highest BCUT2D eigenvalue weighted by molar-refractivity contribution is 6.27. The van der Waals surface area contributed by atoms with Crippen LogP contribution in [0.25, 0.3) is 0 Å². The highest BCUT2D eigenvalue weighted by Crippen LogP contribution is 2.24. The van der Waals surface area contributed by atoms with E-state index in [2.05, 4.69) is 40.1 Å². The Kier molecular flexibility index (Phi) is 8.86. The molecule has 2 saturated heterocycles. The Morgan fingerprint density at radius 3 is 1.91 bits per heavy atom. The first-order valence-corrected chi connectivity index (χ1v) is 11.3. The third-order valence-electron chi connectivity index (χ3n) is 6.22. The number of benzene rings is 2. The molecule has 1 amide bonds. The van der Waals surface area contributed by atoms with Crippen molar-refractivity contribution in [2.45, 2.75) is 18.9 Å². The molecule has 34 heavy (non-hydrogen) atoms. The zero-order chi connectivity index (χ0) is 24.5. The normalized spacial score (nSPS) is 16.9. The van der Waals surface area contributed by atoms with Gasteiger partial charge in [-0.3, -0.25) is 9.69 Å². The topological polar surface area (TPSA) is 111 Å². The number of carbonyl (C=O) groups is 3. The molecule has 2 N–H and O–H groups in total. The summed E-state index contributed by atoms with van der Waals surface area (Å²) in [5.74, 6) is -2.90. The lowest BCUT2D eigenvalue weighted by Crippen LogP contribution is -2.53. The van der Waals surface area contributed by atoms with Crippen LogP contribution in [0.5, 0.6) is 5.75 Å². The lowest BCUT2D eigenvalue weighted by molar-refractivity contribution is -0.159. The van der Waals surface area contributed by atoms with Crippen LogP contribution in [-0.2, 0) is 9.59 Å². The van der Waals surface area contributed by atoms with E-state index in [0.717, 1.165) is 52.1 Å². The van der Waals surface area contributed by atoms with Gasteiger partial charge in [0, 0.05) is 51.0 Å². The minimum atomic E-state index is -1.82. The van der Waals surface area contributed by atoms with E-state index >= 15 is 0 Å². The van der Waals surface area contributed by atoms with E-state index in [1.807, 2.05) is 29.2 Å². The summed E-state index contributed by atoms with van der Waals surface area (Å²) in [6, 6.07) is 18.8. The molecule has 0 atom stereocenters. The third kappa shape index (κ3) is 6.48. The van der Waals surface area contributed by atoms with Crippen molar-refractivity contribution in [1.82, 2.24) is 9.80 Å². The molecule has 0 radical (unpaired) electrons. The molecular weight excluding hydrogens is 438 g/mol. The number of hydrogen-bond donors (Lipinski definition) is 2. The first-order chi connectivity index (χ1) is 16.4. The van der Waals surface area contributed by atoms with Crippen molar-refractivity contribution in [3.05, 3.63) is 60.2 Å². The quantitative estimate of drug-likeness (QED) is 0.657. The van der Waals surface area contributed by atoms with E-state index < -0.39 is 11.9 Å². The average Bonchev–Trinajstić information content (AvgIpc) is 2.89. The van der Waals surface area contributed by atoms with Crippen LogP contribution < -0.4 is 9.64 Å². The Hall–Kier alpha value is -3.59. The molecule has 9 heteroatoms. The van der Waals surface area contributed by atoms with Crippen LogP contribution >= 0.6 is 0 Å². The number of aliphatic carboxylic acids is 2. The SMILES string of the molecule is COc1ccccc1C(=O)N1CCC(N2CCN(c3ccccc3)CC2)CC1.O=C(O)C(=O)O. The van der Waals surface area contributed by atoms with Crippen LogP contribution in [0.3, 0.4) is 0 Å². The van der Waals surface area contributed by atoms with Gasteiger partial charge in [0.05, 0.1) is 12.7 Å². The maximum atomic E-state index is 12.9. The second kappa shape index (κ2) is 12.0. The van der Waals surface area contributed by atoms with Crippen molar-refractivity contribution in [2.24, 2.45) is 0 Å². The second-order valence-corrected chi connectivity index (χ2v) is 8.19. The Bertz CT molecular complexity index is 956. The number of carbonyl (C=O) groups excluding carboxylic acids is 1. The summed E-state index contributed by atoms with van der Waals surface area (Å²) < 4.78 is 5.36. The number of anilines is 1. The number of nitrogens with zero attached hydrogens (tertiary/aromatic N) is 3. The third-order valence-corrected chi connectivity index (χ3v) is 6.22. The van der Waals surface area contributed by atoms with Crippen LogP contribution in [0.15, 0.2) is 54.6 Å². The number of piperazine rings is 1. The van der Waals surface area contributed by atoms with Crippen molar-refractivity contribution in [3.8, 4) is 5.75 Å². The fourth-order valence-corrected chi connectivity index (χ4v) is 4.41. The van der Waals surface area contributed by atoms with Crippen LogP contribution in [0.4, 0.5) is 5.69 Å². The van der Waals surface area contributed by atoms with Crippen molar-refractivity contribution < 1.29 is 29.3 Å². The van der Waals surface area contributed by atoms with Crippen molar-refractivity contribution in [2.75, 3.05) is 51.3 Å². The number of amides is 1. The van der Waals surface area contributed by atoms with Crippen LogP contribution in [0.2, 0.25) is 0 Å². The first kappa shape index (κ1) is 25.0. The molecule has 2 aliphatic heterocycles. The second-order valence-electron chi connectivity index (χ2n) is 8.19. The predicted molar refractivity (Wildman–Crippen MR) is 127 cm³/mol. The van der Waals surface area contributed by atoms with Gasteiger partial charge in [0.15, 0.2) is 0 Å². The van der Waals surface area contributed by atoms with Gasteiger partial charge in [0.2, 0.25) is 0 Å². The van der Waals surface area contributed by atoms with E-state index in [0.29, 0.717) is 17.4 Å². The molecule has 0 saturated carbocycles. The molecule has 2 aromatic rings. The van der Waals surface area contributed by atoms with Crippen molar-refractivity contribution in [1.29, 1.82) is 0 Å². The Balaban J connectivity index is 0.000000481. The van der Waals surface area contributed by atoms with Crippen molar-refractivity contribution in [3.63, 3.8) is 0 Å². The molecule has 0 aromatic heterocycles. The van der Waals surface area contributed by atoms with Gasteiger partial charge >= 0.3 is 11.9 Å². The monoisotopic (exact) mass is 469 g/mol. The highest BCUT2D eigenvalue weighted by atomic mass is 16.5. The van der Waals surface area contributed by atoms with E-state index in [-0.39, 0.29) is 5.91 Å². The molecule has 182 valence electrons. The number of hydrogen-bond acceptors (Lipinski definition) is 6. The molecule has 2 aliphatic rings. The highest BCUT2D eigenvalue weighted by Gasteiger charge is 2.30. The molecule has 2 heterocycles. The largest absolute Gasteiger partial charge is 0.496 e. The van der Waals surface area contributed by atoms with Crippen LogP contribution in [-0.4, -0.2) is 90.3 Å². The summed E-state index contributed by atoms with van der Waals surface area (Å²) in [6.45, 7) is 5.98. The van der Waals surface area contributed by atoms with Gasteiger partial charge in [-0.25, -0.2) is 9.59 Å². The Morgan fingerprint density at radius 2 is 1.35 bits per heavy atom. The number of piperidine rings is 1. The van der Waals surface area contributed by atoms with Gasteiger partial charge in [-0.1, -0.05) is 30.3 Å². The zero-order valence-electron chi connectivity index (χ0n) is 19.3. The van der Waals surface area contributed by atoms with Crippen molar-refractivity contribution >= 4 is 23.5 Å². The number of methoxy groups -OCH3 is 1. The van der Waals surface area contributed by atoms with Gasteiger partial charge in [-0.2, -0.15) is 0 Å². The summed E-state index contributed by atoms with van der Waals surface area (Å²) in [5.41, 5.74) is 1.99. The van der Waals surface area contributed by atoms with Gasteiger partial charge in [-0.05, 0) is 37.1 Å². The summed E-state index contributed by atoms with van der Waals surface area (Å²) in [4.78, 5) is 38.2. The minimum Gasteiger partial charge on any atom is -0.496 e. The average molecular weight is 470 g/mol. The maximum absolute atomic E-state index is 12.9. The summed E-state index contributed by atoms with van der Waals surface area (Å²) >= 11 is 0. The summed E-state index contributed by atoms with van der Waals surface area (Å²) in [7, 11) is 1.62. The fourth-order valence-electron chi connectivity index (χ4n) is 4.41. The molecule has 2 fully saturated rings. The number of ether oxygens (including phenoxy) is 1. The van der Waals surface area contributed by atoms with E-state index in [4.69, 9.17) is 24.5 Å².